The van der Waals surface area contributed by atoms with Crippen molar-refractivity contribution in [3.05, 3.63) is 63.9 Å². The SMILES string of the molecule is Cc1c(Cl)cnc2c1cc1n2CCN(C(=O)C(O)COCC2NCc3ccccc32)C1. The molecule has 2 atom stereocenters. The predicted octanol–water partition coefficient (Wildman–Crippen LogP) is 2.56. The van der Waals surface area contributed by atoms with Gasteiger partial charge in [0.1, 0.15) is 5.65 Å². The van der Waals surface area contributed by atoms with Crippen LogP contribution in [0.15, 0.2) is 36.5 Å². The Bertz CT molecular complexity index is 1150. The minimum atomic E-state index is -1.18. The van der Waals surface area contributed by atoms with Gasteiger partial charge in [-0.3, -0.25) is 4.79 Å². The zero-order chi connectivity index (χ0) is 21.5. The molecule has 1 aromatic carbocycles. The first-order valence-electron chi connectivity index (χ1n) is 10.5. The number of aromatic nitrogens is 2. The van der Waals surface area contributed by atoms with Gasteiger partial charge in [-0.15, -0.1) is 0 Å². The Morgan fingerprint density at radius 2 is 2.23 bits per heavy atom. The number of aliphatic hydroxyl groups is 1. The normalized spacial score (nSPS) is 18.8. The Kier molecular flexibility index (Phi) is 5.44. The molecule has 0 aliphatic carbocycles. The number of hydrogen-bond acceptors (Lipinski definition) is 5. The maximum Gasteiger partial charge on any atom is 0.254 e. The summed E-state index contributed by atoms with van der Waals surface area (Å²) in [6.45, 7) is 4.77. The van der Waals surface area contributed by atoms with Crippen LogP contribution in [-0.2, 0) is 29.2 Å². The number of halogens is 1. The lowest BCUT2D eigenvalue weighted by Gasteiger charge is -2.30. The van der Waals surface area contributed by atoms with Crippen molar-refractivity contribution in [1.82, 2.24) is 19.8 Å². The second-order valence-electron chi connectivity index (χ2n) is 8.20. The van der Waals surface area contributed by atoms with E-state index in [4.69, 9.17) is 16.3 Å². The summed E-state index contributed by atoms with van der Waals surface area (Å²) in [6, 6.07) is 10.3. The Labute approximate surface area is 185 Å². The maximum atomic E-state index is 12.8. The molecule has 0 saturated heterocycles. The molecule has 5 rings (SSSR count). The third-order valence-corrected chi connectivity index (χ3v) is 6.67. The fourth-order valence-corrected chi connectivity index (χ4v) is 4.67. The summed E-state index contributed by atoms with van der Waals surface area (Å²) in [7, 11) is 0. The highest BCUT2D eigenvalue weighted by molar-refractivity contribution is 6.32. The number of benzene rings is 1. The molecule has 3 aromatic rings. The van der Waals surface area contributed by atoms with E-state index in [-0.39, 0.29) is 18.6 Å². The number of fused-ring (bicyclic) bond motifs is 4. The molecule has 162 valence electrons. The van der Waals surface area contributed by atoms with E-state index in [1.54, 1.807) is 11.1 Å². The molecule has 2 N–H and O–H groups in total. The molecule has 7 nitrogen and oxygen atoms in total. The molecule has 0 radical (unpaired) electrons. The number of ether oxygens (including phenoxy) is 1. The van der Waals surface area contributed by atoms with Gasteiger partial charge in [0, 0.05) is 36.9 Å². The molecule has 8 heteroatoms. The lowest BCUT2D eigenvalue weighted by molar-refractivity contribution is -0.145. The van der Waals surface area contributed by atoms with Crippen LogP contribution in [-0.4, -0.2) is 51.3 Å². The highest BCUT2D eigenvalue weighted by Crippen LogP contribution is 2.29. The van der Waals surface area contributed by atoms with Crippen molar-refractivity contribution in [1.29, 1.82) is 0 Å². The number of aryl methyl sites for hydroxylation is 1. The number of hydrogen-bond donors (Lipinski definition) is 2. The Balaban J connectivity index is 1.20. The summed E-state index contributed by atoms with van der Waals surface area (Å²) in [6.07, 6.45) is 0.491. The molecule has 2 aliphatic heterocycles. The van der Waals surface area contributed by atoms with Crippen molar-refractivity contribution < 1.29 is 14.6 Å². The molecule has 2 aliphatic rings. The van der Waals surface area contributed by atoms with Crippen LogP contribution in [0.3, 0.4) is 0 Å². The number of rotatable bonds is 5. The zero-order valence-electron chi connectivity index (χ0n) is 17.3. The van der Waals surface area contributed by atoms with Crippen molar-refractivity contribution in [2.24, 2.45) is 0 Å². The second kappa shape index (κ2) is 8.24. The lowest BCUT2D eigenvalue weighted by atomic mass is 10.1. The van der Waals surface area contributed by atoms with Crippen molar-refractivity contribution >= 4 is 28.5 Å². The van der Waals surface area contributed by atoms with Gasteiger partial charge in [-0.1, -0.05) is 35.9 Å². The van der Waals surface area contributed by atoms with E-state index < -0.39 is 6.10 Å². The summed E-state index contributed by atoms with van der Waals surface area (Å²) in [5, 5.41) is 15.5. The molecule has 0 fully saturated rings. The van der Waals surface area contributed by atoms with Gasteiger partial charge in [0.2, 0.25) is 0 Å². The van der Waals surface area contributed by atoms with Crippen molar-refractivity contribution in [3.8, 4) is 0 Å². The monoisotopic (exact) mass is 440 g/mol. The van der Waals surface area contributed by atoms with Crippen LogP contribution in [0.4, 0.5) is 0 Å². The topological polar surface area (TPSA) is 79.6 Å². The van der Waals surface area contributed by atoms with Gasteiger partial charge in [-0.2, -0.15) is 0 Å². The van der Waals surface area contributed by atoms with Gasteiger partial charge >= 0.3 is 0 Å². The van der Waals surface area contributed by atoms with Crippen LogP contribution in [0.25, 0.3) is 11.0 Å². The molecule has 2 aromatic heterocycles. The Hall–Kier alpha value is -2.45. The summed E-state index contributed by atoms with van der Waals surface area (Å²) >= 11 is 6.21. The quantitative estimate of drug-likeness (QED) is 0.637. The van der Waals surface area contributed by atoms with E-state index in [0.29, 0.717) is 31.3 Å². The van der Waals surface area contributed by atoms with Crippen molar-refractivity contribution in [2.45, 2.75) is 38.7 Å². The Morgan fingerprint density at radius 1 is 1.39 bits per heavy atom. The highest BCUT2D eigenvalue weighted by Gasteiger charge is 2.28. The smallest absolute Gasteiger partial charge is 0.254 e. The van der Waals surface area contributed by atoms with Gasteiger partial charge in [0.25, 0.3) is 5.91 Å². The van der Waals surface area contributed by atoms with Crippen LogP contribution in [0.5, 0.6) is 0 Å². The molecule has 2 unspecified atom stereocenters. The maximum absolute atomic E-state index is 12.8. The minimum absolute atomic E-state index is 0.0189. The Morgan fingerprint density at radius 3 is 3.10 bits per heavy atom. The van der Waals surface area contributed by atoms with Gasteiger partial charge in [0.05, 0.1) is 30.8 Å². The molecule has 0 bridgehead atoms. The minimum Gasteiger partial charge on any atom is -0.381 e. The number of aliphatic hydroxyl groups excluding tert-OH is 1. The summed E-state index contributed by atoms with van der Waals surface area (Å²) in [5.41, 5.74) is 5.35. The number of carbonyl (C=O) groups excluding carboxylic acids is 1. The van der Waals surface area contributed by atoms with Gasteiger partial charge in [0.15, 0.2) is 6.10 Å². The number of amides is 1. The average molecular weight is 441 g/mol. The molecular weight excluding hydrogens is 416 g/mol. The summed E-state index contributed by atoms with van der Waals surface area (Å²) in [5.74, 6) is -0.306. The molecule has 31 heavy (non-hydrogen) atoms. The molecule has 4 heterocycles. The highest BCUT2D eigenvalue weighted by atomic mass is 35.5. The predicted molar refractivity (Wildman–Crippen MR) is 118 cm³/mol. The standard InChI is InChI=1S/C23H25ClN4O3/c1-14-18-8-16-11-27(6-7-28(16)22(18)26-10-19(14)24)23(30)21(29)13-31-12-20-17-5-3-2-4-15(17)9-25-20/h2-5,8,10,20-21,25,29H,6-7,9,11-13H2,1H3. The van der Waals surface area contributed by atoms with Gasteiger partial charge in [-0.05, 0) is 29.7 Å². The largest absolute Gasteiger partial charge is 0.381 e. The van der Waals surface area contributed by atoms with Gasteiger partial charge in [-0.25, -0.2) is 4.98 Å². The first-order valence-corrected chi connectivity index (χ1v) is 10.9. The fraction of sp³-hybridized carbons (Fsp3) is 0.391. The number of carbonyl (C=O) groups is 1. The molecule has 0 saturated carbocycles. The zero-order valence-corrected chi connectivity index (χ0v) is 18.1. The molecular formula is C23H25ClN4O3. The van der Waals surface area contributed by atoms with Crippen LogP contribution in [0.1, 0.15) is 28.4 Å². The fourth-order valence-electron chi connectivity index (χ4n) is 4.52. The van der Waals surface area contributed by atoms with Crippen LogP contribution in [0.2, 0.25) is 5.02 Å². The molecule has 0 spiro atoms. The van der Waals surface area contributed by atoms with Crippen molar-refractivity contribution in [3.63, 3.8) is 0 Å². The summed E-state index contributed by atoms with van der Waals surface area (Å²) < 4.78 is 7.82. The van der Waals surface area contributed by atoms with Crippen LogP contribution < -0.4 is 5.32 Å². The number of nitrogens with one attached hydrogen (secondary N) is 1. The molecule has 1 amide bonds. The van der Waals surface area contributed by atoms with Crippen LogP contribution in [0, 0.1) is 6.92 Å². The first-order chi connectivity index (χ1) is 15.0. The first kappa shape index (κ1) is 20.5. The van der Waals surface area contributed by atoms with Crippen molar-refractivity contribution in [2.75, 3.05) is 19.8 Å². The number of nitrogens with zero attached hydrogens (tertiary/aromatic N) is 3. The number of pyridine rings is 1. The van der Waals surface area contributed by atoms with E-state index in [9.17, 15) is 9.90 Å². The van der Waals surface area contributed by atoms with E-state index in [0.717, 1.165) is 28.8 Å². The van der Waals surface area contributed by atoms with E-state index >= 15 is 0 Å². The summed E-state index contributed by atoms with van der Waals surface area (Å²) in [4.78, 5) is 19.0. The van der Waals surface area contributed by atoms with Crippen LogP contribution >= 0.6 is 11.6 Å². The average Bonchev–Trinajstić information content (AvgIpc) is 3.37. The van der Waals surface area contributed by atoms with E-state index in [1.807, 2.05) is 25.1 Å². The second-order valence-corrected chi connectivity index (χ2v) is 8.61. The van der Waals surface area contributed by atoms with E-state index in [1.165, 1.54) is 11.1 Å². The third kappa shape index (κ3) is 3.72. The van der Waals surface area contributed by atoms with Gasteiger partial charge < -0.3 is 24.6 Å². The lowest BCUT2D eigenvalue weighted by Crippen LogP contribution is -2.45. The third-order valence-electron chi connectivity index (χ3n) is 6.29. The van der Waals surface area contributed by atoms with E-state index in [2.05, 4.69) is 27.0 Å².